The lowest BCUT2D eigenvalue weighted by Gasteiger charge is -2.38. The smallest absolute Gasteiger partial charge is 0.418 e. The Hall–Kier alpha value is -2.05. The zero-order valence-corrected chi connectivity index (χ0v) is 19.3. The molecule has 4 rings (SSSR count). The molecule has 1 aromatic carbocycles. The van der Waals surface area contributed by atoms with E-state index in [1.165, 1.54) is 32.4 Å². The second-order valence-electron chi connectivity index (χ2n) is 9.37. The van der Waals surface area contributed by atoms with Gasteiger partial charge in [-0.25, -0.2) is 4.79 Å². The molecule has 1 saturated carbocycles. The number of likely N-dealkylation sites (N-methyl/N-ethyl adjacent to an activating group) is 1. The highest BCUT2D eigenvalue weighted by Crippen LogP contribution is 2.30. The van der Waals surface area contributed by atoms with Crippen LogP contribution in [0.25, 0.3) is 10.9 Å². The Morgan fingerprint density at radius 2 is 1.84 bits per heavy atom. The molecule has 0 atom stereocenters. The molecule has 2 aliphatic rings. The minimum Gasteiger partial charge on any atom is -0.497 e. The number of piperidine rings is 1. The van der Waals surface area contributed by atoms with E-state index >= 15 is 0 Å². The Bertz CT molecular complexity index is 878. The summed E-state index contributed by atoms with van der Waals surface area (Å²) in [6, 6.07) is 6.61. The van der Waals surface area contributed by atoms with Crippen LogP contribution in [0.1, 0.15) is 50.5 Å². The zero-order valence-electron chi connectivity index (χ0n) is 19.3. The Balaban J connectivity index is 1.44. The van der Waals surface area contributed by atoms with E-state index < -0.39 is 0 Å². The van der Waals surface area contributed by atoms with Crippen molar-refractivity contribution < 1.29 is 14.3 Å². The summed E-state index contributed by atoms with van der Waals surface area (Å²) in [6.45, 7) is 3.41. The number of benzene rings is 1. The largest absolute Gasteiger partial charge is 0.497 e. The lowest BCUT2D eigenvalue weighted by molar-refractivity contribution is 0.0439. The summed E-state index contributed by atoms with van der Waals surface area (Å²) in [5.41, 5.74) is 2.03. The molecule has 170 valence electrons. The number of hydrogen-bond acceptors (Lipinski definition) is 5. The Labute approximate surface area is 186 Å². The number of carbonyl (C=O) groups excluding carboxylic acids is 1. The molecule has 0 unspecified atom stereocenters. The maximum absolute atomic E-state index is 13.1. The lowest BCUT2D eigenvalue weighted by atomic mass is 9.90. The topological polar surface area (TPSA) is 46.9 Å². The summed E-state index contributed by atoms with van der Waals surface area (Å²) in [5.74, 6) is 0.751. The van der Waals surface area contributed by atoms with Crippen LogP contribution >= 0.6 is 0 Å². The van der Waals surface area contributed by atoms with Gasteiger partial charge in [0.2, 0.25) is 0 Å². The molecule has 0 amide bonds. The van der Waals surface area contributed by atoms with Crippen molar-refractivity contribution in [3.63, 3.8) is 0 Å². The second kappa shape index (κ2) is 10.0. The van der Waals surface area contributed by atoms with Gasteiger partial charge in [-0.15, -0.1) is 0 Å². The van der Waals surface area contributed by atoms with Crippen molar-refractivity contribution in [2.45, 2.75) is 63.5 Å². The standard InChI is InChI=1S/C25H37N3O3/c1-26(2)16-13-19-18-28(24-17-22(30-3)11-12-23(19)24)25(29)31-21-9-7-20(8-10-21)27-14-5-4-6-15-27/h11-12,17-18,20-21H,4-10,13-16H2,1-3H3. The number of aromatic nitrogens is 1. The Morgan fingerprint density at radius 3 is 2.52 bits per heavy atom. The van der Waals surface area contributed by atoms with Gasteiger partial charge in [0.05, 0.1) is 12.6 Å². The average Bonchev–Trinajstić information content (AvgIpc) is 3.16. The number of rotatable bonds is 6. The highest BCUT2D eigenvalue weighted by atomic mass is 16.6. The molecular weight excluding hydrogens is 390 g/mol. The normalized spacial score (nSPS) is 22.7. The van der Waals surface area contributed by atoms with Crippen molar-refractivity contribution >= 4 is 17.0 Å². The summed E-state index contributed by atoms with van der Waals surface area (Å²) in [5, 5.41) is 1.09. The predicted molar refractivity (Wildman–Crippen MR) is 124 cm³/mol. The van der Waals surface area contributed by atoms with Crippen molar-refractivity contribution in [3.8, 4) is 5.75 Å². The van der Waals surface area contributed by atoms with Gasteiger partial charge < -0.3 is 19.3 Å². The van der Waals surface area contributed by atoms with Gasteiger partial charge >= 0.3 is 6.09 Å². The molecule has 6 heteroatoms. The quantitative estimate of drug-likeness (QED) is 0.678. The fourth-order valence-electron chi connectivity index (χ4n) is 5.11. The first-order valence-electron chi connectivity index (χ1n) is 11.8. The van der Waals surface area contributed by atoms with Gasteiger partial charge in [0.25, 0.3) is 0 Å². The van der Waals surface area contributed by atoms with Gasteiger partial charge in [0, 0.05) is 30.2 Å². The summed E-state index contributed by atoms with van der Waals surface area (Å²) >= 11 is 0. The molecule has 2 heterocycles. The van der Waals surface area contributed by atoms with Crippen LogP contribution < -0.4 is 4.74 Å². The monoisotopic (exact) mass is 427 g/mol. The van der Waals surface area contributed by atoms with Gasteiger partial charge in [-0.05, 0) is 89.8 Å². The number of nitrogens with zero attached hydrogens (tertiary/aromatic N) is 3. The van der Waals surface area contributed by atoms with E-state index in [1.54, 1.807) is 11.7 Å². The van der Waals surface area contributed by atoms with E-state index in [-0.39, 0.29) is 12.2 Å². The summed E-state index contributed by atoms with van der Waals surface area (Å²) in [7, 11) is 5.79. The minimum absolute atomic E-state index is 0.0156. The molecule has 1 aliphatic heterocycles. The van der Waals surface area contributed by atoms with Crippen molar-refractivity contribution in [1.29, 1.82) is 0 Å². The predicted octanol–water partition coefficient (Wildman–Crippen LogP) is 4.54. The number of methoxy groups -OCH3 is 1. The molecule has 1 aliphatic carbocycles. The minimum atomic E-state index is -0.268. The van der Waals surface area contributed by atoms with E-state index in [1.807, 2.05) is 24.4 Å². The van der Waals surface area contributed by atoms with E-state index in [0.717, 1.165) is 60.9 Å². The van der Waals surface area contributed by atoms with Crippen molar-refractivity contribution in [1.82, 2.24) is 14.4 Å². The first-order valence-corrected chi connectivity index (χ1v) is 11.8. The van der Waals surface area contributed by atoms with Gasteiger partial charge in [0.15, 0.2) is 0 Å². The van der Waals surface area contributed by atoms with Crippen LogP contribution in [0.2, 0.25) is 0 Å². The van der Waals surface area contributed by atoms with Gasteiger partial charge in [-0.1, -0.05) is 6.42 Å². The van der Waals surface area contributed by atoms with Crippen molar-refractivity contribution in [2.75, 3.05) is 40.8 Å². The molecule has 1 saturated heterocycles. The van der Waals surface area contributed by atoms with Gasteiger partial charge in [0.1, 0.15) is 11.9 Å². The molecule has 31 heavy (non-hydrogen) atoms. The Morgan fingerprint density at radius 1 is 1.10 bits per heavy atom. The molecule has 0 N–H and O–H groups in total. The van der Waals surface area contributed by atoms with Crippen LogP contribution in [0.15, 0.2) is 24.4 Å². The fourth-order valence-corrected chi connectivity index (χ4v) is 5.11. The summed E-state index contributed by atoms with van der Waals surface area (Å²) in [4.78, 5) is 18.0. The van der Waals surface area contributed by atoms with Crippen LogP contribution in [0.4, 0.5) is 4.79 Å². The fraction of sp³-hybridized carbons (Fsp3) is 0.640. The number of hydrogen-bond donors (Lipinski definition) is 0. The van der Waals surface area contributed by atoms with Crippen molar-refractivity contribution in [2.24, 2.45) is 0 Å². The van der Waals surface area contributed by atoms with Gasteiger partial charge in [-0.3, -0.25) is 4.57 Å². The third kappa shape index (κ3) is 5.24. The van der Waals surface area contributed by atoms with Gasteiger partial charge in [-0.2, -0.15) is 0 Å². The maximum atomic E-state index is 13.1. The molecule has 2 fully saturated rings. The van der Waals surface area contributed by atoms with Crippen molar-refractivity contribution in [3.05, 3.63) is 30.0 Å². The van der Waals surface area contributed by atoms with Crippen LogP contribution in [0.3, 0.4) is 0 Å². The highest BCUT2D eigenvalue weighted by molar-refractivity contribution is 5.92. The summed E-state index contributed by atoms with van der Waals surface area (Å²) < 4.78 is 13.1. The van der Waals surface area contributed by atoms with Crippen LogP contribution in [-0.2, 0) is 11.2 Å². The molecule has 1 aromatic heterocycles. The highest BCUT2D eigenvalue weighted by Gasteiger charge is 2.29. The van der Waals surface area contributed by atoms with Crippen LogP contribution in [0, 0.1) is 0 Å². The first-order chi connectivity index (χ1) is 15.0. The maximum Gasteiger partial charge on any atom is 0.418 e. The second-order valence-corrected chi connectivity index (χ2v) is 9.37. The third-order valence-electron chi connectivity index (χ3n) is 6.94. The van der Waals surface area contributed by atoms with E-state index in [2.05, 4.69) is 23.9 Å². The summed E-state index contributed by atoms with van der Waals surface area (Å²) in [6.07, 6.45) is 10.8. The van der Waals surface area contributed by atoms with Crippen LogP contribution in [-0.4, -0.2) is 73.4 Å². The molecule has 0 bridgehead atoms. The SMILES string of the molecule is COc1ccc2c(CCN(C)C)cn(C(=O)OC3CCC(N4CCCCC4)CC3)c2c1. The van der Waals surface area contributed by atoms with E-state index in [4.69, 9.17) is 9.47 Å². The molecule has 2 aromatic rings. The average molecular weight is 428 g/mol. The number of likely N-dealkylation sites (tertiary alicyclic amines) is 1. The van der Waals surface area contributed by atoms with E-state index in [0.29, 0.717) is 6.04 Å². The molecule has 0 radical (unpaired) electrons. The zero-order chi connectivity index (χ0) is 21.8. The lowest BCUT2D eigenvalue weighted by Crippen LogP contribution is -2.42. The molecular formula is C25H37N3O3. The van der Waals surface area contributed by atoms with Crippen LogP contribution in [0.5, 0.6) is 5.75 Å². The number of ether oxygens (including phenoxy) is 2. The van der Waals surface area contributed by atoms with E-state index in [9.17, 15) is 4.79 Å². The molecule has 6 nitrogen and oxygen atoms in total. The first kappa shape index (κ1) is 22.2. The molecule has 0 spiro atoms. The number of fused-ring (bicyclic) bond motifs is 1. The Kier molecular flexibility index (Phi) is 7.18. The number of carbonyl (C=O) groups is 1. The third-order valence-corrected chi connectivity index (χ3v) is 6.94.